The molecule has 2 N–H and O–H groups in total. The molecule has 6 nitrogen and oxygen atoms in total. The number of aromatic nitrogens is 4. The van der Waals surface area contributed by atoms with Gasteiger partial charge in [0.2, 0.25) is 5.95 Å². The topological polar surface area (TPSA) is 90.3 Å². The van der Waals surface area contributed by atoms with Crippen LogP contribution >= 0.6 is 0 Å². The van der Waals surface area contributed by atoms with Crippen molar-refractivity contribution in [3.8, 4) is 28.7 Å². The summed E-state index contributed by atoms with van der Waals surface area (Å²) in [5.41, 5.74) is 2.83. The summed E-state index contributed by atoms with van der Waals surface area (Å²) in [5.74, 6) is 0.876. The lowest BCUT2D eigenvalue weighted by Crippen LogP contribution is -1.97. The van der Waals surface area contributed by atoms with Gasteiger partial charge in [0.15, 0.2) is 0 Å². The van der Waals surface area contributed by atoms with E-state index in [2.05, 4.69) is 31.3 Å². The van der Waals surface area contributed by atoms with Gasteiger partial charge < -0.3 is 10.3 Å². The van der Waals surface area contributed by atoms with Gasteiger partial charge in [-0.25, -0.2) is 19.3 Å². The molecule has 0 aliphatic carbocycles. The van der Waals surface area contributed by atoms with Crippen molar-refractivity contribution in [1.82, 2.24) is 19.9 Å². The first-order chi connectivity index (χ1) is 11.7. The first-order valence-electron chi connectivity index (χ1n) is 7.44. The summed E-state index contributed by atoms with van der Waals surface area (Å²) < 4.78 is 13.2. The molecule has 0 saturated carbocycles. The summed E-state index contributed by atoms with van der Waals surface area (Å²) >= 11 is 0. The van der Waals surface area contributed by atoms with E-state index in [0.29, 0.717) is 41.7 Å². The molecule has 2 aromatic heterocycles. The van der Waals surface area contributed by atoms with E-state index in [0.717, 1.165) is 5.56 Å². The molecule has 0 aliphatic rings. The molecule has 2 heterocycles. The second-order valence-electron chi connectivity index (χ2n) is 5.09. The van der Waals surface area contributed by atoms with E-state index in [1.54, 1.807) is 31.4 Å². The van der Waals surface area contributed by atoms with Crippen LogP contribution in [0.5, 0.6) is 0 Å². The predicted molar refractivity (Wildman–Crippen MR) is 88.5 cm³/mol. The average molecular weight is 322 g/mol. The molecular weight excluding hydrogens is 307 g/mol. The highest BCUT2D eigenvalue weighted by atomic mass is 19.1. The van der Waals surface area contributed by atoms with Gasteiger partial charge in [-0.05, 0) is 30.3 Å². The van der Waals surface area contributed by atoms with Crippen LogP contribution in [0, 0.1) is 17.1 Å². The monoisotopic (exact) mass is 322 g/mol. The van der Waals surface area contributed by atoms with Crippen LogP contribution in [0.1, 0.15) is 12.2 Å². The summed E-state index contributed by atoms with van der Waals surface area (Å²) in [4.78, 5) is 16.3. The van der Waals surface area contributed by atoms with Crippen molar-refractivity contribution in [2.75, 3.05) is 12.4 Å². The van der Waals surface area contributed by atoms with Gasteiger partial charge in [-0.15, -0.1) is 0 Å². The van der Waals surface area contributed by atoms with E-state index in [1.807, 2.05) is 0 Å². The molecule has 24 heavy (non-hydrogen) atoms. The Kier molecular flexibility index (Phi) is 4.47. The van der Waals surface area contributed by atoms with Crippen LogP contribution in [-0.2, 0) is 6.42 Å². The first kappa shape index (κ1) is 15.6. The third-order valence-corrected chi connectivity index (χ3v) is 3.48. The molecule has 0 bridgehead atoms. The maximum atomic E-state index is 13.2. The van der Waals surface area contributed by atoms with Crippen LogP contribution in [-0.4, -0.2) is 27.0 Å². The molecule has 0 atom stereocenters. The minimum Gasteiger partial charge on any atom is -0.357 e. The lowest BCUT2D eigenvalue weighted by molar-refractivity contribution is 0.628. The number of nitrogens with zero attached hydrogens (tertiary/aromatic N) is 4. The minimum atomic E-state index is -0.306. The lowest BCUT2D eigenvalue weighted by Gasteiger charge is -2.04. The minimum absolute atomic E-state index is 0.306. The van der Waals surface area contributed by atoms with Crippen molar-refractivity contribution >= 4 is 5.95 Å². The maximum absolute atomic E-state index is 13.2. The van der Waals surface area contributed by atoms with Gasteiger partial charge in [0.1, 0.15) is 11.6 Å². The van der Waals surface area contributed by atoms with Crippen LogP contribution in [0.25, 0.3) is 22.6 Å². The average Bonchev–Trinajstić information content (AvgIpc) is 3.05. The number of anilines is 1. The van der Waals surface area contributed by atoms with Crippen molar-refractivity contribution in [3.05, 3.63) is 48.2 Å². The highest BCUT2D eigenvalue weighted by Crippen LogP contribution is 2.29. The zero-order valence-electron chi connectivity index (χ0n) is 13.0. The second-order valence-corrected chi connectivity index (χ2v) is 5.09. The lowest BCUT2D eigenvalue weighted by atomic mass is 10.1. The summed E-state index contributed by atoms with van der Waals surface area (Å²) in [7, 11) is 1.74. The van der Waals surface area contributed by atoms with Crippen LogP contribution in [0.4, 0.5) is 10.3 Å². The maximum Gasteiger partial charge on any atom is 0.222 e. The number of rotatable bonds is 5. The number of H-pyrrole nitrogens is 1. The van der Waals surface area contributed by atoms with Gasteiger partial charge in [-0.1, -0.05) is 0 Å². The predicted octanol–water partition coefficient (Wildman–Crippen LogP) is 3.17. The SMILES string of the molecule is CNc1nccc(-c2[nH]c(CCC#N)nc2-c2ccc(F)cc2)n1. The summed E-state index contributed by atoms with van der Waals surface area (Å²) in [6.45, 7) is 0. The number of aryl methyl sites for hydroxylation is 1. The molecule has 0 amide bonds. The molecule has 3 rings (SSSR count). The molecule has 0 unspecified atom stereocenters. The third-order valence-electron chi connectivity index (χ3n) is 3.48. The quantitative estimate of drug-likeness (QED) is 0.753. The number of aromatic amines is 1. The van der Waals surface area contributed by atoms with Crippen LogP contribution in [0.3, 0.4) is 0 Å². The smallest absolute Gasteiger partial charge is 0.222 e. The number of halogens is 1. The van der Waals surface area contributed by atoms with E-state index in [4.69, 9.17) is 5.26 Å². The van der Waals surface area contributed by atoms with Crippen molar-refractivity contribution in [2.24, 2.45) is 0 Å². The number of nitrogens with one attached hydrogen (secondary N) is 2. The zero-order valence-corrected chi connectivity index (χ0v) is 13.0. The third kappa shape index (κ3) is 3.22. The van der Waals surface area contributed by atoms with E-state index in [1.165, 1.54) is 12.1 Å². The Morgan fingerprint density at radius 2 is 2.00 bits per heavy atom. The fraction of sp³-hybridized carbons (Fsp3) is 0.176. The highest BCUT2D eigenvalue weighted by Gasteiger charge is 2.16. The molecule has 7 heteroatoms. The highest BCUT2D eigenvalue weighted by molar-refractivity contribution is 5.76. The van der Waals surface area contributed by atoms with Crippen molar-refractivity contribution in [3.63, 3.8) is 0 Å². The Balaban J connectivity index is 2.10. The van der Waals surface area contributed by atoms with Gasteiger partial charge in [0.25, 0.3) is 0 Å². The van der Waals surface area contributed by atoms with Gasteiger partial charge in [0, 0.05) is 31.6 Å². The fourth-order valence-corrected chi connectivity index (χ4v) is 2.34. The summed E-state index contributed by atoms with van der Waals surface area (Å²) in [5, 5.41) is 11.7. The number of benzene rings is 1. The summed E-state index contributed by atoms with van der Waals surface area (Å²) in [6, 6.07) is 10.00. The van der Waals surface area contributed by atoms with Gasteiger partial charge in [0.05, 0.1) is 23.2 Å². The van der Waals surface area contributed by atoms with Gasteiger partial charge >= 0.3 is 0 Å². The molecule has 0 spiro atoms. The Bertz CT molecular complexity index is 879. The molecule has 120 valence electrons. The molecule has 1 aromatic carbocycles. The van der Waals surface area contributed by atoms with Crippen LogP contribution < -0.4 is 5.32 Å². The zero-order chi connectivity index (χ0) is 16.9. The van der Waals surface area contributed by atoms with Gasteiger partial charge in [-0.2, -0.15) is 5.26 Å². The van der Waals surface area contributed by atoms with E-state index in [9.17, 15) is 4.39 Å². The van der Waals surface area contributed by atoms with Crippen molar-refractivity contribution in [1.29, 1.82) is 5.26 Å². The van der Waals surface area contributed by atoms with E-state index >= 15 is 0 Å². The van der Waals surface area contributed by atoms with Gasteiger partial charge in [-0.3, -0.25) is 0 Å². The second kappa shape index (κ2) is 6.87. The fourth-order valence-electron chi connectivity index (χ4n) is 2.34. The van der Waals surface area contributed by atoms with Crippen LogP contribution in [0.2, 0.25) is 0 Å². The normalized spacial score (nSPS) is 10.4. The first-order valence-corrected chi connectivity index (χ1v) is 7.44. The Labute approximate surface area is 138 Å². The number of nitriles is 1. The molecule has 3 aromatic rings. The standard InChI is InChI=1S/C17H15FN6/c1-20-17-21-10-8-13(22-17)16-15(11-4-6-12(18)7-5-11)23-14(24-16)3-2-9-19/h4-8,10H,2-3H2,1H3,(H,23,24)(H,20,21,22). The Morgan fingerprint density at radius 3 is 2.71 bits per heavy atom. The molecule has 0 radical (unpaired) electrons. The van der Waals surface area contributed by atoms with Crippen molar-refractivity contribution in [2.45, 2.75) is 12.8 Å². The summed E-state index contributed by atoms with van der Waals surface area (Å²) in [6.07, 6.45) is 2.52. The number of hydrogen-bond acceptors (Lipinski definition) is 5. The van der Waals surface area contributed by atoms with Crippen LogP contribution in [0.15, 0.2) is 36.5 Å². The number of hydrogen-bond donors (Lipinski definition) is 2. The van der Waals surface area contributed by atoms with Crippen molar-refractivity contribution < 1.29 is 4.39 Å². The molecule has 0 saturated heterocycles. The largest absolute Gasteiger partial charge is 0.357 e. The molecular formula is C17H15FN6. The molecule has 0 aliphatic heterocycles. The Morgan fingerprint density at radius 1 is 1.21 bits per heavy atom. The number of imidazole rings is 1. The van der Waals surface area contributed by atoms with E-state index in [-0.39, 0.29) is 5.82 Å². The van der Waals surface area contributed by atoms with E-state index < -0.39 is 0 Å². The molecule has 0 fully saturated rings. The Hall–Kier alpha value is -3.27.